The number of nitrogens with zero attached hydrogens (tertiary/aromatic N) is 3. The van der Waals surface area contributed by atoms with Crippen molar-refractivity contribution in [2.45, 2.75) is 0 Å². The highest BCUT2D eigenvalue weighted by Gasteiger charge is 2.23. The summed E-state index contributed by atoms with van der Waals surface area (Å²) >= 11 is 0. The number of aromatic nitrogens is 5. The number of hydrogen-bond donors (Lipinski definition) is 4. The van der Waals surface area contributed by atoms with Gasteiger partial charge >= 0.3 is 0 Å². The van der Waals surface area contributed by atoms with Crippen molar-refractivity contribution < 1.29 is 5.11 Å². The molecule has 35 heavy (non-hydrogen) atoms. The average molecular weight is 460 g/mol. The standard InChI is InChI=1S/C27H20N6O2/c34-20-13-11-18(12-14-20)23-25(29-21-15-16-28-31-21)30-26-22(17-7-3-1-4-8-17)24(32-33(26)27(23)35)19-9-5-2-6-10-19/h1-16,32,34H,(H2,28,29,31). The second kappa shape index (κ2) is 8.35. The van der Waals surface area contributed by atoms with Gasteiger partial charge in [0.2, 0.25) is 0 Å². The molecule has 3 aromatic heterocycles. The van der Waals surface area contributed by atoms with Crippen molar-refractivity contribution in [1.82, 2.24) is 24.8 Å². The normalized spacial score (nSPS) is 11.1. The fraction of sp³-hybridized carbons (Fsp3) is 0. The minimum Gasteiger partial charge on any atom is -0.508 e. The summed E-state index contributed by atoms with van der Waals surface area (Å²) in [5.74, 6) is 1.09. The maximum atomic E-state index is 14.0. The third-order valence-corrected chi connectivity index (χ3v) is 5.82. The lowest BCUT2D eigenvalue weighted by Crippen LogP contribution is -2.19. The zero-order valence-electron chi connectivity index (χ0n) is 18.4. The van der Waals surface area contributed by atoms with Crippen molar-refractivity contribution in [3.8, 4) is 39.3 Å². The van der Waals surface area contributed by atoms with Crippen LogP contribution in [0.25, 0.3) is 39.2 Å². The lowest BCUT2D eigenvalue weighted by atomic mass is 10.0. The van der Waals surface area contributed by atoms with Gasteiger partial charge in [-0.1, -0.05) is 72.8 Å². The maximum Gasteiger partial charge on any atom is 0.282 e. The molecular weight excluding hydrogens is 440 g/mol. The summed E-state index contributed by atoms with van der Waals surface area (Å²) in [7, 11) is 0. The van der Waals surface area contributed by atoms with Crippen LogP contribution in [0, 0.1) is 0 Å². The monoisotopic (exact) mass is 460 g/mol. The van der Waals surface area contributed by atoms with E-state index in [9.17, 15) is 9.90 Å². The predicted octanol–water partition coefficient (Wildman–Crippen LogP) is 5.20. The molecule has 0 amide bonds. The van der Waals surface area contributed by atoms with Crippen molar-refractivity contribution in [1.29, 1.82) is 0 Å². The highest BCUT2D eigenvalue weighted by Crippen LogP contribution is 2.36. The molecule has 0 aliphatic heterocycles. The van der Waals surface area contributed by atoms with Gasteiger partial charge in [0.05, 0.1) is 23.0 Å². The van der Waals surface area contributed by atoms with Gasteiger partial charge in [0.15, 0.2) is 5.65 Å². The molecule has 0 saturated carbocycles. The lowest BCUT2D eigenvalue weighted by molar-refractivity contribution is 0.475. The zero-order chi connectivity index (χ0) is 23.8. The van der Waals surface area contributed by atoms with E-state index in [4.69, 9.17) is 4.98 Å². The zero-order valence-corrected chi connectivity index (χ0v) is 18.4. The quantitative estimate of drug-likeness (QED) is 0.283. The first-order chi connectivity index (χ1) is 17.2. The van der Waals surface area contributed by atoms with Crippen LogP contribution in [0.5, 0.6) is 5.75 Å². The first kappa shape index (κ1) is 20.5. The maximum absolute atomic E-state index is 14.0. The van der Waals surface area contributed by atoms with Crippen LogP contribution < -0.4 is 10.9 Å². The summed E-state index contributed by atoms with van der Waals surface area (Å²) in [6, 6.07) is 27.9. The lowest BCUT2D eigenvalue weighted by Gasteiger charge is -2.11. The third kappa shape index (κ3) is 3.63. The number of anilines is 2. The molecule has 0 spiro atoms. The average Bonchev–Trinajstić information content (AvgIpc) is 3.54. The molecule has 8 nitrogen and oxygen atoms in total. The topological polar surface area (TPSA) is 111 Å². The number of nitrogens with one attached hydrogen (secondary N) is 3. The van der Waals surface area contributed by atoms with E-state index in [0.717, 1.165) is 22.4 Å². The molecule has 8 heteroatoms. The molecule has 0 fully saturated rings. The van der Waals surface area contributed by atoms with Gasteiger partial charge in [-0.3, -0.25) is 15.0 Å². The summed E-state index contributed by atoms with van der Waals surface area (Å²) < 4.78 is 1.48. The molecule has 170 valence electrons. The van der Waals surface area contributed by atoms with Crippen LogP contribution in [0.2, 0.25) is 0 Å². The molecule has 6 rings (SSSR count). The summed E-state index contributed by atoms with van der Waals surface area (Å²) in [6.07, 6.45) is 1.62. The number of H-pyrrole nitrogens is 2. The Balaban J connectivity index is 1.69. The Morgan fingerprint density at radius 2 is 1.43 bits per heavy atom. The smallest absolute Gasteiger partial charge is 0.282 e. The Morgan fingerprint density at radius 3 is 2.09 bits per heavy atom. The number of aromatic hydroxyl groups is 1. The number of benzene rings is 3. The molecule has 0 bridgehead atoms. The van der Waals surface area contributed by atoms with Crippen LogP contribution in [0.3, 0.4) is 0 Å². The summed E-state index contributed by atoms with van der Waals surface area (Å²) in [5, 5.41) is 23.1. The minimum atomic E-state index is -0.276. The first-order valence-corrected chi connectivity index (χ1v) is 11.0. The largest absolute Gasteiger partial charge is 0.508 e. The van der Waals surface area contributed by atoms with Crippen LogP contribution in [-0.4, -0.2) is 29.9 Å². The Morgan fingerprint density at radius 1 is 0.771 bits per heavy atom. The van der Waals surface area contributed by atoms with Crippen molar-refractivity contribution in [2.75, 3.05) is 5.32 Å². The Hall–Kier alpha value is -5.11. The van der Waals surface area contributed by atoms with Gasteiger partial charge in [0.1, 0.15) is 17.4 Å². The number of rotatable bonds is 5. The van der Waals surface area contributed by atoms with E-state index in [1.54, 1.807) is 36.5 Å². The molecule has 0 radical (unpaired) electrons. The Labute approximate surface area is 199 Å². The fourth-order valence-corrected chi connectivity index (χ4v) is 4.20. The summed E-state index contributed by atoms with van der Waals surface area (Å²) in [5.41, 5.74) is 4.67. The van der Waals surface area contributed by atoms with Gasteiger partial charge in [-0.15, -0.1) is 0 Å². The molecule has 3 heterocycles. The van der Waals surface area contributed by atoms with E-state index in [1.807, 2.05) is 60.7 Å². The van der Waals surface area contributed by atoms with E-state index in [0.29, 0.717) is 28.4 Å². The molecule has 0 aliphatic carbocycles. The number of fused-ring (bicyclic) bond motifs is 1. The summed E-state index contributed by atoms with van der Waals surface area (Å²) in [6.45, 7) is 0. The van der Waals surface area contributed by atoms with Crippen LogP contribution in [0.15, 0.2) is 102 Å². The van der Waals surface area contributed by atoms with E-state index < -0.39 is 0 Å². The van der Waals surface area contributed by atoms with Crippen LogP contribution in [-0.2, 0) is 0 Å². The highest BCUT2D eigenvalue weighted by molar-refractivity contribution is 5.92. The molecule has 4 N–H and O–H groups in total. The predicted molar refractivity (Wildman–Crippen MR) is 136 cm³/mol. The molecule has 3 aromatic carbocycles. The molecule has 0 aliphatic rings. The fourth-order valence-electron chi connectivity index (χ4n) is 4.20. The first-order valence-electron chi connectivity index (χ1n) is 11.0. The van der Waals surface area contributed by atoms with Gasteiger partial charge in [-0.05, 0) is 23.3 Å². The van der Waals surface area contributed by atoms with Crippen molar-refractivity contribution in [2.24, 2.45) is 0 Å². The molecular formula is C27H20N6O2. The second-order valence-corrected chi connectivity index (χ2v) is 8.04. The third-order valence-electron chi connectivity index (χ3n) is 5.82. The van der Waals surface area contributed by atoms with Gasteiger partial charge < -0.3 is 10.4 Å². The van der Waals surface area contributed by atoms with E-state index in [1.165, 1.54) is 4.52 Å². The molecule has 0 atom stereocenters. The summed E-state index contributed by atoms with van der Waals surface area (Å²) in [4.78, 5) is 18.9. The number of phenolic OH excluding ortho intramolecular Hbond substituents is 1. The minimum absolute atomic E-state index is 0.114. The number of hydrogen-bond acceptors (Lipinski definition) is 5. The van der Waals surface area contributed by atoms with Gasteiger partial charge in [-0.25, -0.2) is 4.98 Å². The van der Waals surface area contributed by atoms with Crippen LogP contribution in [0.4, 0.5) is 11.6 Å². The second-order valence-electron chi connectivity index (χ2n) is 8.04. The van der Waals surface area contributed by atoms with Gasteiger partial charge in [0, 0.05) is 11.6 Å². The van der Waals surface area contributed by atoms with E-state index in [-0.39, 0.29) is 11.3 Å². The number of phenols is 1. The SMILES string of the molecule is O=c1c(-c2ccc(O)cc2)c(Nc2ccn[nH]2)nc2c(-c3ccccc3)c(-c3ccccc3)[nH]n12. The van der Waals surface area contributed by atoms with Crippen LogP contribution in [0.1, 0.15) is 0 Å². The highest BCUT2D eigenvalue weighted by atomic mass is 16.3. The van der Waals surface area contributed by atoms with Gasteiger partial charge in [0.25, 0.3) is 5.56 Å². The van der Waals surface area contributed by atoms with Crippen molar-refractivity contribution in [3.63, 3.8) is 0 Å². The Bertz CT molecular complexity index is 1670. The van der Waals surface area contributed by atoms with Crippen LogP contribution >= 0.6 is 0 Å². The molecule has 0 saturated heterocycles. The van der Waals surface area contributed by atoms with Gasteiger partial charge in [-0.2, -0.15) is 9.61 Å². The van der Waals surface area contributed by atoms with Crippen molar-refractivity contribution >= 4 is 17.3 Å². The van der Waals surface area contributed by atoms with Crippen molar-refractivity contribution in [3.05, 3.63) is 108 Å². The molecule has 6 aromatic rings. The Kier molecular flexibility index (Phi) is 4.89. The molecule has 0 unspecified atom stereocenters. The van der Waals surface area contributed by atoms with E-state index in [2.05, 4.69) is 20.6 Å². The van der Waals surface area contributed by atoms with E-state index >= 15 is 0 Å². The number of aromatic amines is 2.